The van der Waals surface area contributed by atoms with E-state index >= 15 is 0 Å². The summed E-state index contributed by atoms with van der Waals surface area (Å²) in [6.45, 7) is 4.22. The zero-order valence-electron chi connectivity index (χ0n) is 21.1. The van der Waals surface area contributed by atoms with Crippen molar-refractivity contribution in [1.82, 2.24) is 0 Å². The number of ether oxygens (including phenoxy) is 1. The fraction of sp³-hybridized carbons (Fsp3) is 0.0968. The standard InChI is InChI=1S/C31H23Cl3N2O2S/c1-19-7-13-24(16-26(19)33)35-31-36(25-14-8-20(2)27(34)17-25)30(37)29(39-31)15-22-5-3-4-6-28(22)38-18-21-9-11-23(32)12-10-21/h3-17H,18H2,1-2H3/b29-15+,35-31?. The second kappa shape index (κ2) is 11.9. The molecule has 4 aromatic carbocycles. The van der Waals surface area contributed by atoms with Crippen LogP contribution in [0.5, 0.6) is 5.75 Å². The molecule has 1 amide bonds. The second-order valence-electron chi connectivity index (χ2n) is 8.97. The van der Waals surface area contributed by atoms with Gasteiger partial charge in [0.25, 0.3) is 5.91 Å². The molecule has 1 aliphatic rings. The Labute approximate surface area is 246 Å². The fourth-order valence-corrected chi connectivity index (χ4v) is 5.34. The van der Waals surface area contributed by atoms with Gasteiger partial charge in [-0.3, -0.25) is 9.69 Å². The lowest BCUT2D eigenvalue weighted by Gasteiger charge is -2.16. The summed E-state index contributed by atoms with van der Waals surface area (Å²) in [5, 5.41) is 2.36. The lowest BCUT2D eigenvalue weighted by molar-refractivity contribution is -0.113. The summed E-state index contributed by atoms with van der Waals surface area (Å²) in [6.07, 6.45) is 1.83. The van der Waals surface area contributed by atoms with Crippen LogP contribution in [0.15, 0.2) is 94.8 Å². The number of nitrogens with zero attached hydrogens (tertiary/aromatic N) is 2. The molecule has 39 heavy (non-hydrogen) atoms. The van der Waals surface area contributed by atoms with Crippen molar-refractivity contribution in [3.63, 3.8) is 0 Å². The van der Waals surface area contributed by atoms with Crippen LogP contribution in [0.3, 0.4) is 0 Å². The number of aryl methyl sites for hydroxylation is 2. The average molecular weight is 594 g/mol. The molecule has 5 rings (SSSR count). The zero-order valence-corrected chi connectivity index (χ0v) is 24.2. The number of thioether (sulfide) groups is 1. The van der Waals surface area contributed by atoms with Crippen molar-refractivity contribution in [2.24, 2.45) is 4.99 Å². The van der Waals surface area contributed by atoms with Gasteiger partial charge in [-0.1, -0.05) is 77.3 Å². The number of hydrogen-bond acceptors (Lipinski definition) is 4. The van der Waals surface area contributed by atoms with Crippen molar-refractivity contribution in [2.45, 2.75) is 20.5 Å². The summed E-state index contributed by atoms with van der Waals surface area (Å²) in [7, 11) is 0. The molecule has 4 aromatic rings. The van der Waals surface area contributed by atoms with Crippen LogP contribution < -0.4 is 9.64 Å². The van der Waals surface area contributed by atoms with Gasteiger partial charge < -0.3 is 4.74 Å². The van der Waals surface area contributed by atoms with Crippen molar-refractivity contribution in [3.8, 4) is 5.75 Å². The Balaban J connectivity index is 1.50. The molecular formula is C31H23Cl3N2O2S. The number of benzene rings is 4. The highest BCUT2D eigenvalue weighted by Crippen LogP contribution is 2.39. The van der Waals surface area contributed by atoms with Gasteiger partial charge in [-0.2, -0.15) is 0 Å². The van der Waals surface area contributed by atoms with Crippen LogP contribution in [0.1, 0.15) is 22.3 Å². The Hall–Kier alpha value is -3.22. The fourth-order valence-electron chi connectivity index (χ4n) is 3.87. The van der Waals surface area contributed by atoms with Gasteiger partial charge in [-0.05, 0) is 90.8 Å². The summed E-state index contributed by atoms with van der Waals surface area (Å²) in [5.74, 6) is 0.457. The predicted molar refractivity (Wildman–Crippen MR) is 165 cm³/mol. The quantitative estimate of drug-likeness (QED) is 0.209. The first-order valence-corrected chi connectivity index (χ1v) is 14.0. The van der Waals surface area contributed by atoms with E-state index in [-0.39, 0.29) is 5.91 Å². The summed E-state index contributed by atoms with van der Waals surface area (Å²) in [5.41, 5.74) is 4.93. The molecule has 0 aliphatic carbocycles. The smallest absolute Gasteiger partial charge is 0.271 e. The zero-order chi connectivity index (χ0) is 27.5. The normalized spacial score (nSPS) is 15.4. The molecule has 1 fully saturated rings. The number of para-hydroxylation sites is 1. The number of anilines is 1. The van der Waals surface area contributed by atoms with Gasteiger partial charge in [0.15, 0.2) is 5.17 Å². The maximum Gasteiger partial charge on any atom is 0.271 e. The Morgan fingerprint density at radius 2 is 1.56 bits per heavy atom. The van der Waals surface area contributed by atoms with Gasteiger partial charge in [0, 0.05) is 20.6 Å². The highest BCUT2D eigenvalue weighted by atomic mass is 35.5. The maximum absolute atomic E-state index is 13.8. The first-order valence-electron chi connectivity index (χ1n) is 12.1. The predicted octanol–water partition coefficient (Wildman–Crippen LogP) is 9.65. The lowest BCUT2D eigenvalue weighted by Crippen LogP contribution is -2.28. The van der Waals surface area contributed by atoms with Gasteiger partial charge in [0.05, 0.1) is 16.3 Å². The van der Waals surface area contributed by atoms with Crippen molar-refractivity contribution >= 4 is 75.1 Å². The molecule has 0 unspecified atom stereocenters. The molecule has 8 heteroatoms. The van der Waals surface area contributed by atoms with Crippen LogP contribution in [0.2, 0.25) is 15.1 Å². The van der Waals surface area contributed by atoms with Gasteiger partial charge in [-0.25, -0.2) is 4.99 Å². The third-order valence-electron chi connectivity index (χ3n) is 6.11. The van der Waals surface area contributed by atoms with E-state index in [1.54, 1.807) is 17.0 Å². The number of amidine groups is 1. The monoisotopic (exact) mass is 592 g/mol. The third-order valence-corrected chi connectivity index (χ3v) is 8.15. The number of hydrogen-bond donors (Lipinski definition) is 0. The minimum Gasteiger partial charge on any atom is -0.488 e. The Morgan fingerprint density at radius 1 is 0.872 bits per heavy atom. The molecule has 4 nitrogen and oxygen atoms in total. The molecule has 0 saturated carbocycles. The lowest BCUT2D eigenvalue weighted by atomic mass is 10.1. The Bertz CT molecular complexity index is 1620. The first-order chi connectivity index (χ1) is 18.8. The number of carbonyl (C=O) groups excluding carboxylic acids is 1. The first kappa shape index (κ1) is 27.4. The van der Waals surface area contributed by atoms with E-state index in [1.165, 1.54) is 11.8 Å². The molecule has 0 N–H and O–H groups in total. The Kier molecular flexibility index (Phi) is 8.34. The minimum absolute atomic E-state index is 0.204. The van der Waals surface area contributed by atoms with E-state index in [4.69, 9.17) is 44.5 Å². The number of rotatable bonds is 6. The van der Waals surface area contributed by atoms with E-state index in [2.05, 4.69) is 0 Å². The van der Waals surface area contributed by atoms with E-state index in [9.17, 15) is 4.79 Å². The minimum atomic E-state index is -0.204. The molecule has 1 heterocycles. The van der Waals surface area contributed by atoms with Crippen LogP contribution >= 0.6 is 46.6 Å². The summed E-state index contributed by atoms with van der Waals surface area (Å²) >= 11 is 20.1. The molecule has 1 aliphatic heterocycles. The van der Waals surface area contributed by atoms with Gasteiger partial charge >= 0.3 is 0 Å². The largest absolute Gasteiger partial charge is 0.488 e. The summed E-state index contributed by atoms with van der Waals surface area (Å²) in [6, 6.07) is 26.2. The molecule has 0 atom stereocenters. The average Bonchev–Trinajstić information content (AvgIpc) is 3.22. The summed E-state index contributed by atoms with van der Waals surface area (Å²) in [4.78, 5) is 20.7. The van der Waals surface area contributed by atoms with Crippen molar-refractivity contribution < 1.29 is 9.53 Å². The van der Waals surface area contributed by atoms with Gasteiger partial charge in [0.2, 0.25) is 0 Å². The van der Waals surface area contributed by atoms with Crippen LogP contribution in [0.4, 0.5) is 11.4 Å². The van der Waals surface area contributed by atoms with E-state index < -0.39 is 0 Å². The number of aliphatic imine (C=N–C) groups is 1. The number of amides is 1. The molecular weight excluding hydrogens is 571 g/mol. The van der Waals surface area contributed by atoms with Crippen molar-refractivity contribution in [1.29, 1.82) is 0 Å². The number of halogens is 3. The molecule has 1 saturated heterocycles. The molecule has 0 bridgehead atoms. The second-order valence-corrected chi connectivity index (χ2v) is 11.2. The maximum atomic E-state index is 13.8. The van der Waals surface area contributed by atoms with E-state index in [0.29, 0.717) is 48.9 Å². The molecule has 0 aromatic heterocycles. The highest BCUT2D eigenvalue weighted by Gasteiger charge is 2.35. The highest BCUT2D eigenvalue weighted by molar-refractivity contribution is 8.19. The van der Waals surface area contributed by atoms with Gasteiger partial charge in [-0.15, -0.1) is 0 Å². The summed E-state index contributed by atoms with van der Waals surface area (Å²) < 4.78 is 6.11. The van der Waals surface area contributed by atoms with Crippen LogP contribution in [-0.2, 0) is 11.4 Å². The molecule has 0 radical (unpaired) electrons. The SMILES string of the molecule is Cc1ccc(N=C2S/C(=C/c3ccccc3OCc3ccc(Cl)cc3)C(=O)N2c2ccc(C)c(Cl)c2)cc1Cl. The van der Waals surface area contributed by atoms with Crippen molar-refractivity contribution in [3.05, 3.63) is 127 Å². The van der Waals surface area contributed by atoms with Gasteiger partial charge in [0.1, 0.15) is 12.4 Å². The molecule has 196 valence electrons. The van der Waals surface area contributed by atoms with Crippen LogP contribution in [-0.4, -0.2) is 11.1 Å². The third kappa shape index (κ3) is 6.34. The molecule has 0 spiro atoms. The topological polar surface area (TPSA) is 41.9 Å². The van der Waals surface area contributed by atoms with E-state index in [1.807, 2.05) is 92.7 Å². The number of carbonyl (C=O) groups is 1. The van der Waals surface area contributed by atoms with Crippen molar-refractivity contribution in [2.75, 3.05) is 4.90 Å². The van der Waals surface area contributed by atoms with Crippen LogP contribution in [0, 0.1) is 13.8 Å². The van der Waals surface area contributed by atoms with E-state index in [0.717, 1.165) is 22.3 Å². The Morgan fingerprint density at radius 3 is 2.28 bits per heavy atom. The van der Waals surface area contributed by atoms with Crippen LogP contribution in [0.25, 0.3) is 6.08 Å².